The van der Waals surface area contributed by atoms with Crippen LogP contribution in [0.3, 0.4) is 0 Å². The summed E-state index contributed by atoms with van der Waals surface area (Å²) in [5.74, 6) is -0.662. The van der Waals surface area contributed by atoms with E-state index in [-0.39, 0.29) is 21.7 Å². The van der Waals surface area contributed by atoms with Crippen LogP contribution in [0.5, 0.6) is 0 Å². The van der Waals surface area contributed by atoms with Crippen LogP contribution in [0, 0.1) is 0 Å². The van der Waals surface area contributed by atoms with Gasteiger partial charge in [0.2, 0.25) is 0 Å². The first kappa shape index (κ1) is 18.3. The molecule has 1 N–H and O–H groups in total. The van der Waals surface area contributed by atoms with Crippen LogP contribution < -0.4 is 5.32 Å². The number of hydrogen-bond acceptors (Lipinski definition) is 4. The number of carbonyl (C=O) groups is 2. The summed E-state index contributed by atoms with van der Waals surface area (Å²) in [6.07, 6.45) is 0.570. The molecule has 0 spiro atoms. The van der Waals surface area contributed by atoms with E-state index in [1.165, 1.54) is 13.0 Å². The van der Waals surface area contributed by atoms with Crippen molar-refractivity contribution in [3.63, 3.8) is 0 Å². The molecule has 0 unspecified atom stereocenters. The predicted molar refractivity (Wildman–Crippen MR) is 92.6 cm³/mol. The Morgan fingerprint density at radius 3 is 2.58 bits per heavy atom. The fourth-order valence-electron chi connectivity index (χ4n) is 1.99. The van der Waals surface area contributed by atoms with Gasteiger partial charge in [-0.1, -0.05) is 29.3 Å². The van der Waals surface area contributed by atoms with E-state index in [2.05, 4.69) is 10.4 Å². The molecule has 2 rings (SSSR count). The van der Waals surface area contributed by atoms with Gasteiger partial charge in [-0.2, -0.15) is 5.10 Å². The van der Waals surface area contributed by atoms with Crippen molar-refractivity contribution in [1.82, 2.24) is 9.78 Å². The standard InChI is InChI=1S/C16H17Cl2N3O3/c1-9(2)21-13(7-8-19-21)20-15(22)10(3)24-16(23)11-5-4-6-12(17)14(11)18/h4-10H,1-3H3,(H,20,22)/t10-/m0/s1. The summed E-state index contributed by atoms with van der Waals surface area (Å²) in [6.45, 7) is 5.35. The molecule has 0 aliphatic rings. The highest BCUT2D eigenvalue weighted by Gasteiger charge is 2.22. The van der Waals surface area contributed by atoms with E-state index in [4.69, 9.17) is 27.9 Å². The topological polar surface area (TPSA) is 73.2 Å². The van der Waals surface area contributed by atoms with Gasteiger partial charge in [-0.3, -0.25) is 4.79 Å². The monoisotopic (exact) mass is 369 g/mol. The number of nitrogens with zero attached hydrogens (tertiary/aromatic N) is 2. The fourth-order valence-corrected chi connectivity index (χ4v) is 2.37. The minimum atomic E-state index is -1.01. The zero-order chi connectivity index (χ0) is 17.9. The Morgan fingerprint density at radius 1 is 1.21 bits per heavy atom. The van der Waals surface area contributed by atoms with Crippen molar-refractivity contribution >= 4 is 40.9 Å². The molecule has 0 radical (unpaired) electrons. The Morgan fingerprint density at radius 2 is 1.92 bits per heavy atom. The lowest BCUT2D eigenvalue weighted by atomic mass is 10.2. The predicted octanol–water partition coefficient (Wildman–Crippen LogP) is 3.95. The van der Waals surface area contributed by atoms with Crippen LogP contribution in [0.2, 0.25) is 10.0 Å². The third kappa shape index (κ3) is 4.07. The Bertz CT molecular complexity index is 759. The molecular weight excluding hydrogens is 353 g/mol. The second kappa shape index (κ2) is 7.68. The molecule has 24 heavy (non-hydrogen) atoms. The Kier molecular flexibility index (Phi) is 5.85. The molecule has 1 atom stereocenters. The molecule has 2 aromatic rings. The molecule has 0 aliphatic heterocycles. The first-order chi connectivity index (χ1) is 11.3. The van der Waals surface area contributed by atoms with Crippen molar-refractivity contribution in [2.45, 2.75) is 32.9 Å². The summed E-state index contributed by atoms with van der Waals surface area (Å²) < 4.78 is 6.81. The molecule has 8 heteroatoms. The maximum atomic E-state index is 12.2. The maximum Gasteiger partial charge on any atom is 0.340 e. The van der Waals surface area contributed by atoms with E-state index in [1.54, 1.807) is 29.1 Å². The van der Waals surface area contributed by atoms with Gasteiger partial charge in [0.1, 0.15) is 5.82 Å². The minimum Gasteiger partial charge on any atom is -0.449 e. The van der Waals surface area contributed by atoms with Crippen LogP contribution in [0.25, 0.3) is 0 Å². The highest BCUT2D eigenvalue weighted by Crippen LogP contribution is 2.26. The third-order valence-corrected chi connectivity index (χ3v) is 4.05. The third-order valence-electron chi connectivity index (χ3n) is 3.24. The summed E-state index contributed by atoms with van der Waals surface area (Å²) in [4.78, 5) is 24.4. The van der Waals surface area contributed by atoms with Crippen molar-refractivity contribution in [2.24, 2.45) is 0 Å². The second-order valence-corrected chi connectivity index (χ2v) is 6.18. The molecule has 6 nitrogen and oxygen atoms in total. The number of esters is 1. The molecule has 1 aromatic carbocycles. The van der Waals surface area contributed by atoms with Crippen LogP contribution in [0.4, 0.5) is 5.82 Å². The van der Waals surface area contributed by atoms with Crippen LogP contribution in [0.15, 0.2) is 30.5 Å². The molecule has 0 bridgehead atoms. The van der Waals surface area contributed by atoms with E-state index in [9.17, 15) is 9.59 Å². The Balaban J connectivity index is 2.05. The van der Waals surface area contributed by atoms with Gasteiger partial charge in [-0.15, -0.1) is 0 Å². The quantitative estimate of drug-likeness (QED) is 0.809. The molecule has 1 aromatic heterocycles. The minimum absolute atomic E-state index is 0.0819. The lowest BCUT2D eigenvalue weighted by Gasteiger charge is -2.16. The van der Waals surface area contributed by atoms with E-state index in [1.807, 2.05) is 13.8 Å². The number of halogens is 2. The lowest BCUT2D eigenvalue weighted by molar-refractivity contribution is -0.123. The zero-order valence-electron chi connectivity index (χ0n) is 13.4. The molecule has 0 fully saturated rings. The first-order valence-corrected chi connectivity index (χ1v) is 8.06. The van der Waals surface area contributed by atoms with Gasteiger partial charge in [-0.05, 0) is 32.9 Å². The Labute approximate surface area is 149 Å². The summed E-state index contributed by atoms with van der Waals surface area (Å²) in [6, 6.07) is 6.37. The summed E-state index contributed by atoms with van der Waals surface area (Å²) in [5, 5.41) is 7.13. The van der Waals surface area contributed by atoms with E-state index in [0.29, 0.717) is 5.82 Å². The van der Waals surface area contributed by atoms with Crippen LogP contribution in [-0.4, -0.2) is 27.8 Å². The van der Waals surface area contributed by atoms with Crippen LogP contribution >= 0.6 is 23.2 Å². The van der Waals surface area contributed by atoms with Gasteiger partial charge in [0, 0.05) is 12.1 Å². The Hall–Kier alpha value is -2.05. The number of aromatic nitrogens is 2. The number of nitrogens with one attached hydrogen (secondary N) is 1. The van der Waals surface area contributed by atoms with Gasteiger partial charge < -0.3 is 10.1 Å². The molecular formula is C16H17Cl2N3O3. The maximum absolute atomic E-state index is 12.2. The van der Waals surface area contributed by atoms with Crippen molar-refractivity contribution in [2.75, 3.05) is 5.32 Å². The number of rotatable bonds is 5. The number of hydrogen-bond donors (Lipinski definition) is 1. The van der Waals surface area contributed by atoms with Gasteiger partial charge in [0.05, 0.1) is 21.8 Å². The number of ether oxygens (including phenoxy) is 1. The van der Waals surface area contributed by atoms with Crippen molar-refractivity contribution < 1.29 is 14.3 Å². The van der Waals surface area contributed by atoms with E-state index < -0.39 is 18.0 Å². The average molecular weight is 370 g/mol. The van der Waals surface area contributed by atoms with Crippen molar-refractivity contribution in [1.29, 1.82) is 0 Å². The van der Waals surface area contributed by atoms with Gasteiger partial charge in [-0.25, -0.2) is 9.48 Å². The van der Waals surface area contributed by atoms with E-state index >= 15 is 0 Å². The largest absolute Gasteiger partial charge is 0.449 e. The van der Waals surface area contributed by atoms with Gasteiger partial charge in [0.25, 0.3) is 5.91 Å². The van der Waals surface area contributed by atoms with E-state index in [0.717, 1.165) is 0 Å². The average Bonchev–Trinajstić information content (AvgIpc) is 2.98. The molecule has 0 saturated carbocycles. The first-order valence-electron chi connectivity index (χ1n) is 7.30. The van der Waals surface area contributed by atoms with Gasteiger partial charge in [0.15, 0.2) is 6.10 Å². The van der Waals surface area contributed by atoms with Crippen molar-refractivity contribution in [3.8, 4) is 0 Å². The molecule has 1 amide bonds. The fraction of sp³-hybridized carbons (Fsp3) is 0.312. The number of amides is 1. The second-order valence-electron chi connectivity index (χ2n) is 5.39. The molecule has 0 saturated heterocycles. The molecule has 128 valence electrons. The zero-order valence-corrected chi connectivity index (χ0v) is 14.9. The van der Waals surface area contributed by atoms with Crippen molar-refractivity contribution in [3.05, 3.63) is 46.1 Å². The SMILES string of the molecule is CC(C)n1nccc1NC(=O)[C@H](C)OC(=O)c1cccc(Cl)c1Cl. The normalized spacial score (nSPS) is 12.1. The molecule has 1 heterocycles. The summed E-state index contributed by atoms with van der Waals surface area (Å²) in [5.41, 5.74) is 0.107. The number of anilines is 1. The highest BCUT2D eigenvalue weighted by molar-refractivity contribution is 6.43. The molecule has 0 aliphatic carbocycles. The van der Waals surface area contributed by atoms with Crippen LogP contribution in [0.1, 0.15) is 37.2 Å². The number of benzene rings is 1. The smallest absolute Gasteiger partial charge is 0.340 e. The summed E-state index contributed by atoms with van der Waals surface area (Å²) in [7, 11) is 0. The lowest BCUT2D eigenvalue weighted by Crippen LogP contribution is -2.31. The number of carbonyl (C=O) groups excluding carboxylic acids is 2. The summed E-state index contributed by atoms with van der Waals surface area (Å²) >= 11 is 11.8. The van der Waals surface area contributed by atoms with Crippen LogP contribution in [-0.2, 0) is 9.53 Å². The highest BCUT2D eigenvalue weighted by atomic mass is 35.5. The van der Waals surface area contributed by atoms with Gasteiger partial charge >= 0.3 is 5.97 Å².